The van der Waals surface area contributed by atoms with E-state index in [0.29, 0.717) is 22.2 Å². The zero-order valence-electron chi connectivity index (χ0n) is 50.7. The van der Waals surface area contributed by atoms with Crippen LogP contribution >= 0.6 is 0 Å². The molecule has 0 radical (unpaired) electrons. The molecule has 2 heterocycles. The van der Waals surface area contributed by atoms with Gasteiger partial charge in [-0.1, -0.05) is 170 Å². The molecular formula is C65H78N10O8. The van der Waals surface area contributed by atoms with Gasteiger partial charge in [-0.15, -0.1) is 20.5 Å². The van der Waals surface area contributed by atoms with Crippen LogP contribution in [-0.2, 0) is 48.8 Å². The third-order valence-corrected chi connectivity index (χ3v) is 16.2. The van der Waals surface area contributed by atoms with Gasteiger partial charge in [-0.2, -0.15) is 0 Å². The molecular weight excluding hydrogens is 1050 g/mol. The average Bonchev–Trinajstić information content (AvgIpc) is 3.89. The van der Waals surface area contributed by atoms with Crippen LogP contribution in [0.2, 0.25) is 0 Å². The lowest BCUT2D eigenvalue weighted by atomic mass is 9.70. The van der Waals surface area contributed by atoms with E-state index >= 15 is 0 Å². The molecule has 0 unspecified atom stereocenters. The molecule has 0 saturated carbocycles. The second-order valence-electron chi connectivity index (χ2n) is 26.9. The molecule has 0 saturated heterocycles. The van der Waals surface area contributed by atoms with Crippen LogP contribution in [0.5, 0.6) is 11.5 Å². The predicted octanol–water partition coefficient (Wildman–Crippen LogP) is 16.2. The van der Waals surface area contributed by atoms with Crippen molar-refractivity contribution in [1.82, 2.24) is 18.3 Å². The minimum Gasteiger partial charge on any atom is -0.505 e. The number of imidazole rings is 2. The molecule has 6 aromatic carbocycles. The first-order valence-corrected chi connectivity index (χ1v) is 28.0. The van der Waals surface area contributed by atoms with E-state index in [4.69, 9.17) is 0 Å². The van der Waals surface area contributed by atoms with Crippen molar-refractivity contribution in [3.05, 3.63) is 184 Å². The van der Waals surface area contributed by atoms with E-state index < -0.39 is 48.8 Å². The molecule has 0 aliphatic carbocycles. The molecule has 0 fully saturated rings. The second kappa shape index (κ2) is 22.0. The van der Waals surface area contributed by atoms with Crippen LogP contribution < -0.4 is 11.4 Å². The van der Waals surface area contributed by atoms with Crippen molar-refractivity contribution < 1.29 is 20.1 Å². The summed E-state index contributed by atoms with van der Waals surface area (Å²) >= 11 is 0. The number of aromatic hydroxyl groups is 2. The van der Waals surface area contributed by atoms with Gasteiger partial charge in [0.1, 0.15) is 22.9 Å². The summed E-state index contributed by atoms with van der Waals surface area (Å²) in [5.41, 5.74) is 2.04. The van der Waals surface area contributed by atoms with E-state index in [9.17, 15) is 40.0 Å². The van der Waals surface area contributed by atoms with Gasteiger partial charge in [-0.25, -0.2) is 9.59 Å². The van der Waals surface area contributed by atoms with E-state index in [-0.39, 0.29) is 81.0 Å². The Kier molecular flexibility index (Phi) is 16.0. The molecule has 2 N–H and O–H groups in total. The Bertz CT molecular complexity index is 4010. The summed E-state index contributed by atoms with van der Waals surface area (Å²) in [6.45, 7) is 29.7. The van der Waals surface area contributed by atoms with Gasteiger partial charge < -0.3 is 10.2 Å². The molecule has 0 bridgehead atoms. The smallest absolute Gasteiger partial charge is 0.328 e. The minimum atomic E-state index is -0.690. The van der Waals surface area contributed by atoms with Crippen LogP contribution in [-0.4, -0.2) is 38.3 Å². The maximum absolute atomic E-state index is 14.0. The van der Waals surface area contributed by atoms with Crippen LogP contribution in [0.25, 0.3) is 22.1 Å². The zero-order valence-corrected chi connectivity index (χ0v) is 50.7. The number of nitro benzene ring substituents is 2. The lowest BCUT2D eigenvalue weighted by Gasteiger charge is -2.35. The van der Waals surface area contributed by atoms with Gasteiger partial charge in [0.2, 0.25) is 0 Å². The monoisotopic (exact) mass is 1130 g/mol. The van der Waals surface area contributed by atoms with Crippen LogP contribution in [0.1, 0.15) is 150 Å². The number of benzene rings is 6. The molecule has 0 aliphatic rings. The summed E-state index contributed by atoms with van der Waals surface area (Å²) < 4.78 is 5.48. The number of azo groups is 2. The van der Waals surface area contributed by atoms with Crippen molar-refractivity contribution in [2.24, 2.45) is 45.4 Å². The Morgan fingerprint density at radius 3 is 1.13 bits per heavy atom. The Morgan fingerprint density at radius 1 is 0.446 bits per heavy atom. The second-order valence-corrected chi connectivity index (χ2v) is 26.9. The van der Waals surface area contributed by atoms with Gasteiger partial charge >= 0.3 is 11.4 Å². The number of aromatic nitrogens is 4. The summed E-state index contributed by atoms with van der Waals surface area (Å²) in [5.74, 6) is -0.235. The lowest BCUT2D eigenvalue weighted by Crippen LogP contribution is -2.26. The highest BCUT2D eigenvalue weighted by Gasteiger charge is 2.36. The SMILES string of the molecule is Cn1c(=O)n(CCCn2c(=O)n(C)c3cc(/N=N/c4cc(C(C)(C)CC(C)(C)C)cc(C(C)(C)c5ccccc5)c4O)c([N+](=O)[O-])cc32)c2cc(/N=N/c3cc(C(C)(C)CC(C)(C)C)cc(C(C)(C)c4ccccc4)c3O)c([N+](=O)[O-])cc21. The quantitative estimate of drug-likeness (QED) is 0.0475. The van der Waals surface area contributed by atoms with Crippen LogP contribution in [0.4, 0.5) is 34.1 Å². The van der Waals surface area contributed by atoms with Gasteiger partial charge in [0.05, 0.1) is 31.9 Å². The summed E-state index contributed by atoms with van der Waals surface area (Å²) in [4.78, 5) is 52.4. The number of phenolic OH excluding ortho intramolecular Hbond substituents is 2. The number of nitrogens with zero attached hydrogens (tertiary/aromatic N) is 10. The fourth-order valence-electron chi connectivity index (χ4n) is 12.3. The maximum atomic E-state index is 14.0. The standard InChI is InChI=1S/C65H78N10O8/c1-60(2,3)38-62(7,8)42-30-44(64(11,12)40-24-19-17-20-25-40)56(76)48(32-42)68-66-46-34-52-55(37-51(46)75(82)83)73(58(78)70(52)15)29-23-28-72-54-35-47(50(74(80)81)36-53(54)71(16)59(72)79)67-69-49-33-43(63(9,10)39-61(4,5)6)31-45(57(49)77)65(13,14)41-26-21-18-22-27-41/h17-22,24-27,30-37,76-77H,23,28-29,38-39H2,1-16H3/b68-66+,69-67+. The fourth-order valence-corrected chi connectivity index (χ4v) is 12.3. The number of aryl methyl sites for hydroxylation is 4. The van der Waals surface area contributed by atoms with Crippen molar-refractivity contribution in [3.63, 3.8) is 0 Å². The Balaban J connectivity index is 1.15. The van der Waals surface area contributed by atoms with Gasteiger partial charge in [-0.05, 0) is 87.4 Å². The highest BCUT2D eigenvalue weighted by Crippen LogP contribution is 2.49. The van der Waals surface area contributed by atoms with Crippen molar-refractivity contribution in [1.29, 1.82) is 0 Å². The van der Waals surface area contributed by atoms with Crippen LogP contribution in [0, 0.1) is 31.1 Å². The van der Waals surface area contributed by atoms with Crippen molar-refractivity contribution in [3.8, 4) is 11.5 Å². The molecule has 8 aromatic rings. The van der Waals surface area contributed by atoms with E-state index in [1.807, 2.05) is 100 Å². The number of hydrogen-bond donors (Lipinski definition) is 2. The lowest BCUT2D eigenvalue weighted by molar-refractivity contribution is -0.384. The largest absolute Gasteiger partial charge is 0.505 e. The Labute approximate surface area is 484 Å². The summed E-state index contributed by atoms with van der Waals surface area (Å²) in [6.07, 6.45) is 1.76. The Hall–Kier alpha value is -8.54. The Morgan fingerprint density at radius 2 is 0.771 bits per heavy atom. The summed E-state index contributed by atoms with van der Waals surface area (Å²) in [6, 6.07) is 32.6. The average molecular weight is 1130 g/mol. The zero-order chi connectivity index (χ0) is 61.1. The third kappa shape index (κ3) is 12.2. The molecule has 0 aliphatic heterocycles. The minimum absolute atomic E-state index is 0.0183. The predicted molar refractivity (Wildman–Crippen MR) is 328 cm³/mol. The summed E-state index contributed by atoms with van der Waals surface area (Å²) in [7, 11) is 3.05. The van der Waals surface area contributed by atoms with Crippen LogP contribution in [0.15, 0.2) is 139 Å². The maximum Gasteiger partial charge on any atom is 0.328 e. The van der Waals surface area contributed by atoms with Gasteiger partial charge in [-0.3, -0.25) is 38.5 Å². The first-order valence-electron chi connectivity index (χ1n) is 28.0. The van der Waals surface area contributed by atoms with Gasteiger partial charge in [0, 0.05) is 61.3 Å². The molecule has 18 nitrogen and oxygen atoms in total. The van der Waals surface area contributed by atoms with E-state index in [0.717, 1.165) is 35.1 Å². The topological polar surface area (TPSA) is 230 Å². The molecule has 8 rings (SSSR count). The molecule has 436 valence electrons. The van der Waals surface area contributed by atoms with E-state index in [2.05, 4.69) is 89.7 Å². The van der Waals surface area contributed by atoms with E-state index in [1.165, 1.54) is 49.6 Å². The number of hydrogen-bond acceptors (Lipinski definition) is 12. The highest BCUT2D eigenvalue weighted by molar-refractivity contribution is 5.86. The molecule has 18 heteroatoms. The van der Waals surface area contributed by atoms with Gasteiger partial charge in [0.15, 0.2) is 11.4 Å². The van der Waals surface area contributed by atoms with E-state index in [1.54, 1.807) is 19.2 Å². The van der Waals surface area contributed by atoms with Crippen molar-refractivity contribution >= 4 is 56.2 Å². The highest BCUT2D eigenvalue weighted by atomic mass is 16.6. The van der Waals surface area contributed by atoms with Crippen molar-refractivity contribution in [2.75, 3.05) is 0 Å². The first-order chi connectivity index (χ1) is 38.5. The van der Waals surface area contributed by atoms with Crippen LogP contribution in [0.3, 0.4) is 0 Å². The first kappa shape index (κ1) is 60.6. The van der Waals surface area contributed by atoms with Crippen molar-refractivity contribution in [2.45, 2.75) is 151 Å². The molecule has 0 amide bonds. The normalized spacial score (nSPS) is 13.1. The number of nitro groups is 2. The number of rotatable bonds is 18. The fraction of sp³-hybridized carbons (Fsp3) is 0.415. The summed E-state index contributed by atoms with van der Waals surface area (Å²) in [5, 5.41) is 67.5. The van der Waals surface area contributed by atoms with Gasteiger partial charge in [0.25, 0.3) is 11.4 Å². The molecule has 0 spiro atoms. The molecule has 0 atom stereocenters. The molecule has 83 heavy (non-hydrogen) atoms. The molecule has 2 aromatic heterocycles. The number of phenols is 2. The number of fused-ring (bicyclic) bond motifs is 2. The third-order valence-electron chi connectivity index (χ3n) is 16.2.